The van der Waals surface area contributed by atoms with Crippen molar-refractivity contribution in [2.24, 2.45) is 0 Å². The van der Waals surface area contributed by atoms with Gasteiger partial charge >= 0.3 is 5.97 Å². The Kier molecular flexibility index (Phi) is 6.19. The molecule has 1 aliphatic heterocycles. The van der Waals surface area contributed by atoms with Crippen LogP contribution in [0.25, 0.3) is 0 Å². The zero-order chi connectivity index (χ0) is 21.1. The third-order valence-corrected chi connectivity index (χ3v) is 5.28. The van der Waals surface area contributed by atoms with E-state index < -0.39 is 18.0 Å². The van der Waals surface area contributed by atoms with Crippen LogP contribution in [0.3, 0.4) is 0 Å². The van der Waals surface area contributed by atoms with E-state index in [1.54, 1.807) is 32.0 Å². The number of ether oxygens (including phenoxy) is 2. The Balaban J connectivity index is 1.74. The number of rotatable bonds is 6. The fraction of sp³-hybridized carbons (Fsp3) is 0.263. The molecule has 8 nitrogen and oxygen atoms in total. The minimum atomic E-state index is -0.732. The first kappa shape index (κ1) is 20.8. The third-order valence-electron chi connectivity index (χ3n) is 3.99. The van der Waals surface area contributed by atoms with Gasteiger partial charge in [0.05, 0.1) is 11.4 Å². The molecule has 10 heteroatoms. The number of halogens is 1. The number of fused-ring (bicyclic) bond motifs is 1. The van der Waals surface area contributed by atoms with Gasteiger partial charge in [0, 0.05) is 5.02 Å². The lowest BCUT2D eigenvalue weighted by molar-refractivity contribution is -0.127. The molecular formula is C19H18ClN3O5S. The summed E-state index contributed by atoms with van der Waals surface area (Å²) >= 11 is 7.02. The summed E-state index contributed by atoms with van der Waals surface area (Å²) in [6.07, 6.45) is 0.728. The normalized spacial score (nSPS) is 15.3. The van der Waals surface area contributed by atoms with Crippen LogP contribution in [-0.2, 0) is 14.3 Å². The van der Waals surface area contributed by atoms with Crippen molar-refractivity contribution in [2.45, 2.75) is 20.0 Å². The van der Waals surface area contributed by atoms with E-state index in [9.17, 15) is 14.4 Å². The second-order valence-electron chi connectivity index (χ2n) is 6.17. The van der Waals surface area contributed by atoms with Crippen molar-refractivity contribution in [3.63, 3.8) is 0 Å². The van der Waals surface area contributed by atoms with Crippen molar-refractivity contribution >= 4 is 51.5 Å². The zero-order valence-corrected chi connectivity index (χ0v) is 17.3. The molecular weight excluding hydrogens is 418 g/mol. The van der Waals surface area contributed by atoms with Gasteiger partial charge in [-0.2, -0.15) is 0 Å². The van der Waals surface area contributed by atoms with E-state index in [4.69, 9.17) is 21.1 Å². The molecule has 0 saturated carbocycles. The molecule has 2 amide bonds. The highest BCUT2D eigenvalue weighted by Gasteiger charge is 2.33. The lowest BCUT2D eigenvalue weighted by Crippen LogP contribution is -2.47. The van der Waals surface area contributed by atoms with Crippen molar-refractivity contribution < 1.29 is 23.9 Å². The minimum Gasteiger partial charge on any atom is -0.479 e. The van der Waals surface area contributed by atoms with Gasteiger partial charge in [-0.15, -0.1) is 0 Å². The van der Waals surface area contributed by atoms with Crippen LogP contribution in [0.2, 0.25) is 5.02 Å². The van der Waals surface area contributed by atoms with E-state index in [2.05, 4.69) is 16.9 Å². The Bertz CT molecular complexity index is 990. The number of nitrogens with zero attached hydrogens (tertiary/aromatic N) is 2. The van der Waals surface area contributed by atoms with Gasteiger partial charge in [0.1, 0.15) is 23.8 Å². The van der Waals surface area contributed by atoms with Crippen LogP contribution >= 0.6 is 22.9 Å². The lowest BCUT2D eigenvalue weighted by Gasteiger charge is -2.32. The molecule has 152 valence electrons. The highest BCUT2D eigenvalue weighted by Crippen LogP contribution is 2.36. The Labute approximate surface area is 176 Å². The SMILES string of the molecule is C=CCOC(=O)c1sc(NC(=O)CN2C(=O)C(C)Oc3ccc(Cl)cc32)nc1C. The van der Waals surface area contributed by atoms with E-state index in [1.807, 2.05) is 0 Å². The maximum absolute atomic E-state index is 12.5. The number of esters is 1. The number of amides is 2. The van der Waals surface area contributed by atoms with Gasteiger partial charge in [-0.1, -0.05) is 35.6 Å². The fourth-order valence-electron chi connectivity index (χ4n) is 2.69. The predicted molar refractivity (Wildman–Crippen MR) is 110 cm³/mol. The molecule has 1 unspecified atom stereocenters. The largest absolute Gasteiger partial charge is 0.479 e. The molecule has 1 aliphatic rings. The molecule has 29 heavy (non-hydrogen) atoms. The number of hydrogen-bond acceptors (Lipinski definition) is 7. The standard InChI is InChI=1S/C19H18ClN3O5S/c1-4-7-27-18(26)16-10(2)21-19(29-16)22-15(24)9-23-13-8-12(20)5-6-14(13)28-11(3)17(23)25/h4-6,8,11H,1,7,9H2,2-3H3,(H,21,22,24). The number of hydrogen-bond donors (Lipinski definition) is 1. The first-order valence-electron chi connectivity index (χ1n) is 8.63. The summed E-state index contributed by atoms with van der Waals surface area (Å²) in [5.74, 6) is -0.912. The van der Waals surface area contributed by atoms with Crippen molar-refractivity contribution in [1.29, 1.82) is 0 Å². The Morgan fingerprint density at radius 2 is 2.24 bits per heavy atom. The monoisotopic (exact) mass is 435 g/mol. The van der Waals surface area contributed by atoms with Gasteiger partial charge in [0.15, 0.2) is 11.2 Å². The molecule has 2 aromatic rings. The number of benzene rings is 1. The van der Waals surface area contributed by atoms with Crippen LogP contribution in [0, 0.1) is 6.92 Å². The van der Waals surface area contributed by atoms with Crippen molar-refractivity contribution in [3.05, 3.63) is 46.4 Å². The molecule has 1 aromatic carbocycles. The first-order chi connectivity index (χ1) is 13.8. The van der Waals surface area contributed by atoms with E-state index in [0.717, 1.165) is 11.3 Å². The van der Waals surface area contributed by atoms with E-state index in [-0.39, 0.29) is 29.1 Å². The maximum atomic E-state index is 12.5. The Morgan fingerprint density at radius 3 is 2.97 bits per heavy atom. The topological polar surface area (TPSA) is 97.8 Å². The molecule has 3 rings (SSSR count). The van der Waals surface area contributed by atoms with Gasteiger partial charge in [-0.3, -0.25) is 14.5 Å². The van der Waals surface area contributed by atoms with Crippen LogP contribution in [0.4, 0.5) is 10.8 Å². The van der Waals surface area contributed by atoms with E-state index in [0.29, 0.717) is 22.2 Å². The van der Waals surface area contributed by atoms with Crippen LogP contribution in [0.15, 0.2) is 30.9 Å². The van der Waals surface area contributed by atoms with Crippen LogP contribution < -0.4 is 15.0 Å². The first-order valence-corrected chi connectivity index (χ1v) is 9.82. The molecule has 1 aromatic heterocycles. The third kappa shape index (κ3) is 4.57. The molecule has 1 atom stereocenters. The number of nitrogens with one attached hydrogen (secondary N) is 1. The van der Waals surface area contributed by atoms with Crippen molar-refractivity contribution in [1.82, 2.24) is 4.98 Å². The smallest absolute Gasteiger partial charge is 0.350 e. The quantitative estimate of drug-likeness (QED) is 0.552. The van der Waals surface area contributed by atoms with Crippen LogP contribution in [-0.4, -0.2) is 42.0 Å². The summed E-state index contributed by atoms with van der Waals surface area (Å²) in [6, 6.07) is 4.86. The van der Waals surface area contributed by atoms with Crippen LogP contribution in [0.1, 0.15) is 22.3 Å². The summed E-state index contributed by atoms with van der Waals surface area (Å²) in [4.78, 5) is 42.8. The van der Waals surface area contributed by atoms with Gasteiger partial charge in [0.2, 0.25) is 5.91 Å². The van der Waals surface area contributed by atoms with Crippen molar-refractivity contribution in [2.75, 3.05) is 23.4 Å². The molecule has 0 spiro atoms. The Hall–Kier alpha value is -2.91. The molecule has 0 radical (unpaired) electrons. The number of anilines is 2. The van der Waals surface area contributed by atoms with Gasteiger partial charge < -0.3 is 14.8 Å². The maximum Gasteiger partial charge on any atom is 0.350 e. The minimum absolute atomic E-state index is 0.0805. The second kappa shape index (κ2) is 8.62. The number of carbonyl (C=O) groups excluding carboxylic acids is 3. The predicted octanol–water partition coefficient (Wildman–Crippen LogP) is 3.20. The van der Waals surface area contributed by atoms with Crippen molar-refractivity contribution in [3.8, 4) is 5.75 Å². The molecule has 0 fully saturated rings. The van der Waals surface area contributed by atoms with Gasteiger partial charge in [-0.25, -0.2) is 9.78 Å². The summed E-state index contributed by atoms with van der Waals surface area (Å²) in [7, 11) is 0. The summed E-state index contributed by atoms with van der Waals surface area (Å²) in [5, 5.41) is 3.26. The summed E-state index contributed by atoms with van der Waals surface area (Å²) in [6.45, 7) is 6.56. The second-order valence-corrected chi connectivity index (χ2v) is 7.60. The van der Waals surface area contributed by atoms with E-state index in [1.165, 1.54) is 11.0 Å². The number of aromatic nitrogens is 1. The average Bonchev–Trinajstić information content (AvgIpc) is 3.04. The average molecular weight is 436 g/mol. The van der Waals surface area contributed by atoms with Crippen LogP contribution in [0.5, 0.6) is 5.75 Å². The molecule has 0 aliphatic carbocycles. The number of aryl methyl sites for hydroxylation is 1. The molecule has 2 heterocycles. The van der Waals surface area contributed by atoms with Gasteiger partial charge in [-0.05, 0) is 32.0 Å². The number of thiazole rings is 1. The lowest BCUT2D eigenvalue weighted by atomic mass is 10.2. The Morgan fingerprint density at radius 1 is 1.48 bits per heavy atom. The molecule has 1 N–H and O–H groups in total. The highest BCUT2D eigenvalue weighted by atomic mass is 35.5. The molecule has 0 saturated heterocycles. The number of carbonyl (C=O) groups is 3. The van der Waals surface area contributed by atoms with E-state index >= 15 is 0 Å². The zero-order valence-electron chi connectivity index (χ0n) is 15.7. The summed E-state index contributed by atoms with van der Waals surface area (Å²) in [5.41, 5.74) is 0.854. The molecule has 0 bridgehead atoms. The summed E-state index contributed by atoms with van der Waals surface area (Å²) < 4.78 is 10.6. The van der Waals surface area contributed by atoms with Gasteiger partial charge in [0.25, 0.3) is 5.91 Å². The fourth-order valence-corrected chi connectivity index (χ4v) is 3.73. The highest BCUT2D eigenvalue weighted by molar-refractivity contribution is 7.17.